The van der Waals surface area contributed by atoms with Gasteiger partial charge in [-0.05, 0) is 31.2 Å². The van der Waals surface area contributed by atoms with Crippen LogP contribution in [0.2, 0.25) is 0 Å². The molecule has 0 aliphatic rings. The fourth-order valence-electron chi connectivity index (χ4n) is 1.86. The number of hydrogen-bond donors (Lipinski definition) is 0. The number of hydrogen-bond acceptors (Lipinski definition) is 3. The summed E-state index contributed by atoms with van der Waals surface area (Å²) in [6, 6.07) is 11.7. The third-order valence-electron chi connectivity index (χ3n) is 2.89. The van der Waals surface area contributed by atoms with E-state index in [9.17, 15) is 4.39 Å². The summed E-state index contributed by atoms with van der Waals surface area (Å²) in [4.78, 5) is 0. The normalized spacial score (nSPS) is 9.90. The van der Waals surface area contributed by atoms with Crippen molar-refractivity contribution in [1.29, 1.82) is 5.26 Å². The average molecular weight is 271 g/mol. The minimum Gasteiger partial charge on any atom is -0.496 e. The van der Waals surface area contributed by atoms with Crippen molar-refractivity contribution in [2.45, 2.75) is 13.5 Å². The van der Waals surface area contributed by atoms with Crippen LogP contribution in [-0.4, -0.2) is 7.11 Å². The smallest absolute Gasteiger partial charge is 0.144 e. The molecular weight excluding hydrogens is 257 g/mol. The first-order chi connectivity index (χ1) is 9.63. The molecule has 0 N–H and O–H groups in total. The van der Waals surface area contributed by atoms with E-state index >= 15 is 0 Å². The van der Waals surface area contributed by atoms with E-state index in [0.717, 1.165) is 16.9 Å². The fourth-order valence-corrected chi connectivity index (χ4v) is 1.86. The van der Waals surface area contributed by atoms with E-state index in [1.54, 1.807) is 19.2 Å². The van der Waals surface area contributed by atoms with Crippen LogP contribution in [0.4, 0.5) is 4.39 Å². The Morgan fingerprint density at radius 3 is 2.65 bits per heavy atom. The van der Waals surface area contributed by atoms with Gasteiger partial charge in [0.2, 0.25) is 0 Å². The van der Waals surface area contributed by atoms with Crippen LogP contribution >= 0.6 is 0 Å². The van der Waals surface area contributed by atoms with Crippen LogP contribution in [0.3, 0.4) is 0 Å². The van der Waals surface area contributed by atoms with Crippen LogP contribution in [0, 0.1) is 24.1 Å². The van der Waals surface area contributed by atoms with Gasteiger partial charge in [-0.25, -0.2) is 4.39 Å². The maximum atomic E-state index is 13.5. The lowest BCUT2D eigenvalue weighted by Crippen LogP contribution is -2.00. The van der Waals surface area contributed by atoms with Gasteiger partial charge in [-0.2, -0.15) is 5.26 Å². The molecule has 0 aromatic heterocycles. The topological polar surface area (TPSA) is 42.2 Å². The van der Waals surface area contributed by atoms with Crippen molar-refractivity contribution in [1.82, 2.24) is 0 Å². The molecule has 2 aromatic carbocycles. The van der Waals surface area contributed by atoms with Crippen LogP contribution in [0.1, 0.15) is 16.7 Å². The zero-order valence-electron chi connectivity index (χ0n) is 11.3. The summed E-state index contributed by atoms with van der Waals surface area (Å²) in [5, 5.41) is 8.67. The van der Waals surface area contributed by atoms with E-state index in [1.165, 1.54) is 12.1 Å². The molecule has 0 amide bonds. The maximum Gasteiger partial charge on any atom is 0.144 e. The molecule has 0 fully saturated rings. The lowest BCUT2D eigenvalue weighted by Gasteiger charge is -2.11. The van der Waals surface area contributed by atoms with Crippen LogP contribution in [-0.2, 0) is 6.61 Å². The van der Waals surface area contributed by atoms with Gasteiger partial charge in [0.15, 0.2) is 0 Å². The molecule has 102 valence electrons. The van der Waals surface area contributed by atoms with E-state index in [4.69, 9.17) is 14.7 Å². The van der Waals surface area contributed by atoms with Gasteiger partial charge in [-0.15, -0.1) is 0 Å². The predicted octanol–water partition coefficient (Wildman–Crippen LogP) is 3.59. The van der Waals surface area contributed by atoms with E-state index in [2.05, 4.69) is 0 Å². The average Bonchev–Trinajstić information content (AvgIpc) is 2.45. The number of methoxy groups -OCH3 is 1. The molecule has 0 unspecified atom stereocenters. The molecule has 20 heavy (non-hydrogen) atoms. The van der Waals surface area contributed by atoms with Crippen molar-refractivity contribution in [3.05, 3.63) is 58.9 Å². The Balaban J connectivity index is 2.15. The summed E-state index contributed by atoms with van der Waals surface area (Å²) < 4.78 is 24.3. The second-order valence-corrected chi connectivity index (χ2v) is 4.36. The Hall–Kier alpha value is -2.54. The molecule has 4 heteroatoms. The monoisotopic (exact) mass is 271 g/mol. The highest BCUT2D eigenvalue weighted by molar-refractivity contribution is 5.38. The summed E-state index contributed by atoms with van der Waals surface area (Å²) in [6.07, 6.45) is 0. The second-order valence-electron chi connectivity index (χ2n) is 4.36. The fraction of sp³-hybridized carbons (Fsp3) is 0.188. The quantitative estimate of drug-likeness (QED) is 0.853. The van der Waals surface area contributed by atoms with Gasteiger partial charge < -0.3 is 9.47 Å². The van der Waals surface area contributed by atoms with Gasteiger partial charge in [0.1, 0.15) is 30.0 Å². The number of benzene rings is 2. The number of nitrogens with zero attached hydrogens (tertiary/aromatic N) is 1. The van der Waals surface area contributed by atoms with Gasteiger partial charge in [-0.1, -0.05) is 11.6 Å². The molecule has 0 atom stereocenters. The minimum atomic E-state index is -0.582. The largest absolute Gasteiger partial charge is 0.496 e. The van der Waals surface area contributed by atoms with Crippen molar-refractivity contribution < 1.29 is 13.9 Å². The first-order valence-corrected chi connectivity index (χ1v) is 6.10. The molecule has 0 aliphatic carbocycles. The van der Waals surface area contributed by atoms with Crippen molar-refractivity contribution >= 4 is 0 Å². The second kappa shape index (κ2) is 6.07. The number of aryl methyl sites for hydroxylation is 1. The standard InChI is InChI=1S/C16H14FNO2/c1-11-3-6-16(19-2)13(7-11)10-20-14-5-4-12(9-18)15(17)8-14/h3-8H,10H2,1-2H3. The van der Waals surface area contributed by atoms with Crippen LogP contribution in [0.5, 0.6) is 11.5 Å². The molecule has 2 aromatic rings. The first kappa shape index (κ1) is 13.9. The zero-order chi connectivity index (χ0) is 14.5. The van der Waals surface area contributed by atoms with Crippen molar-refractivity contribution in [2.24, 2.45) is 0 Å². The van der Waals surface area contributed by atoms with Gasteiger partial charge in [0.25, 0.3) is 0 Å². The van der Waals surface area contributed by atoms with Gasteiger partial charge in [0.05, 0.1) is 12.7 Å². The molecule has 0 aliphatic heterocycles. The summed E-state index contributed by atoms with van der Waals surface area (Å²) in [5.74, 6) is 0.524. The Kier molecular flexibility index (Phi) is 4.21. The molecule has 0 saturated heterocycles. The third-order valence-corrected chi connectivity index (χ3v) is 2.89. The van der Waals surface area contributed by atoms with Crippen LogP contribution in [0.25, 0.3) is 0 Å². The summed E-state index contributed by atoms with van der Waals surface area (Å²) in [6.45, 7) is 2.25. The van der Waals surface area contributed by atoms with E-state index in [-0.39, 0.29) is 12.2 Å². The molecule has 0 radical (unpaired) electrons. The lowest BCUT2D eigenvalue weighted by molar-refractivity contribution is 0.295. The molecular formula is C16H14FNO2. The van der Waals surface area contributed by atoms with Gasteiger partial charge >= 0.3 is 0 Å². The molecule has 3 nitrogen and oxygen atoms in total. The predicted molar refractivity (Wildman–Crippen MR) is 73.2 cm³/mol. The summed E-state index contributed by atoms with van der Waals surface area (Å²) in [7, 11) is 1.59. The van der Waals surface area contributed by atoms with Crippen LogP contribution < -0.4 is 9.47 Å². The molecule has 2 rings (SSSR count). The van der Waals surface area contributed by atoms with Crippen LogP contribution in [0.15, 0.2) is 36.4 Å². The Labute approximate surface area is 117 Å². The summed E-state index contributed by atoms with van der Waals surface area (Å²) in [5.41, 5.74) is 1.98. The zero-order valence-corrected chi connectivity index (χ0v) is 11.3. The molecule has 0 bridgehead atoms. The SMILES string of the molecule is COc1ccc(C)cc1COc1ccc(C#N)c(F)c1. The maximum absolute atomic E-state index is 13.5. The molecule has 0 spiro atoms. The van der Waals surface area contributed by atoms with E-state index < -0.39 is 5.82 Å². The van der Waals surface area contributed by atoms with E-state index in [1.807, 2.05) is 25.1 Å². The van der Waals surface area contributed by atoms with Crippen molar-refractivity contribution in [3.8, 4) is 17.6 Å². The molecule has 0 heterocycles. The third kappa shape index (κ3) is 3.07. The summed E-state index contributed by atoms with van der Waals surface area (Å²) >= 11 is 0. The number of halogens is 1. The highest BCUT2D eigenvalue weighted by atomic mass is 19.1. The highest BCUT2D eigenvalue weighted by Crippen LogP contribution is 2.23. The number of ether oxygens (including phenoxy) is 2. The minimum absolute atomic E-state index is 0.00508. The Bertz CT molecular complexity index is 662. The van der Waals surface area contributed by atoms with E-state index in [0.29, 0.717) is 5.75 Å². The Morgan fingerprint density at radius 1 is 1.20 bits per heavy atom. The highest BCUT2D eigenvalue weighted by Gasteiger charge is 2.06. The number of nitriles is 1. The van der Waals surface area contributed by atoms with Crippen molar-refractivity contribution in [3.63, 3.8) is 0 Å². The number of rotatable bonds is 4. The van der Waals surface area contributed by atoms with Crippen molar-refractivity contribution in [2.75, 3.05) is 7.11 Å². The Morgan fingerprint density at radius 2 is 2.00 bits per heavy atom. The first-order valence-electron chi connectivity index (χ1n) is 6.10. The van der Waals surface area contributed by atoms with Gasteiger partial charge in [0, 0.05) is 11.6 Å². The lowest BCUT2D eigenvalue weighted by atomic mass is 10.1. The van der Waals surface area contributed by atoms with Gasteiger partial charge in [-0.3, -0.25) is 0 Å². The molecule has 0 saturated carbocycles.